The average Bonchev–Trinajstić information content (AvgIpc) is 2.38. The second kappa shape index (κ2) is 5.34. The maximum absolute atomic E-state index is 13.6. The van der Waals surface area contributed by atoms with E-state index in [0.717, 1.165) is 18.2 Å². The van der Waals surface area contributed by atoms with Crippen LogP contribution in [0.4, 0.5) is 8.78 Å². The fourth-order valence-electron chi connectivity index (χ4n) is 2.15. The van der Waals surface area contributed by atoms with Crippen LogP contribution >= 0.6 is 0 Å². The smallest absolute Gasteiger partial charge is 0.243 e. The Morgan fingerprint density at radius 2 is 2.11 bits per heavy atom. The molecule has 4 nitrogen and oxygen atoms in total. The van der Waals surface area contributed by atoms with Crippen molar-refractivity contribution in [3.63, 3.8) is 0 Å². The molecule has 1 heterocycles. The van der Waals surface area contributed by atoms with Crippen molar-refractivity contribution in [2.45, 2.75) is 25.9 Å². The molecular weight excluding hydrogens is 254 g/mol. The summed E-state index contributed by atoms with van der Waals surface area (Å²) in [5.74, 6) is -1.72. The molecular formula is C13H14F2N2O2. The molecule has 1 fully saturated rings. The minimum absolute atomic E-state index is 0.0708. The first-order valence-electron chi connectivity index (χ1n) is 6.04. The van der Waals surface area contributed by atoms with Crippen molar-refractivity contribution in [2.24, 2.45) is 0 Å². The van der Waals surface area contributed by atoms with Gasteiger partial charge < -0.3 is 10.2 Å². The van der Waals surface area contributed by atoms with Crippen molar-refractivity contribution in [2.75, 3.05) is 6.54 Å². The summed E-state index contributed by atoms with van der Waals surface area (Å²) in [4.78, 5) is 24.7. The largest absolute Gasteiger partial charge is 0.345 e. The highest BCUT2D eigenvalue weighted by molar-refractivity contribution is 5.94. The van der Waals surface area contributed by atoms with E-state index in [1.165, 1.54) is 4.90 Å². The molecule has 2 rings (SSSR count). The molecule has 0 spiro atoms. The molecule has 0 saturated carbocycles. The van der Waals surface area contributed by atoms with Crippen molar-refractivity contribution in [3.05, 3.63) is 35.4 Å². The molecule has 0 radical (unpaired) electrons. The summed E-state index contributed by atoms with van der Waals surface area (Å²) in [6, 6.07) is 2.44. The van der Waals surface area contributed by atoms with E-state index in [1.807, 2.05) is 0 Å². The molecule has 1 aromatic carbocycles. The molecule has 102 valence electrons. The zero-order valence-electron chi connectivity index (χ0n) is 10.5. The van der Waals surface area contributed by atoms with Crippen LogP contribution in [-0.4, -0.2) is 29.3 Å². The number of rotatable bonds is 3. The first-order chi connectivity index (χ1) is 9.02. The summed E-state index contributed by atoms with van der Waals surface area (Å²) < 4.78 is 26.7. The molecule has 0 bridgehead atoms. The summed E-state index contributed by atoms with van der Waals surface area (Å²) in [6.07, 6.45) is 0.425. The highest BCUT2D eigenvalue weighted by atomic mass is 19.1. The number of nitrogens with one attached hydrogen (secondary N) is 1. The summed E-state index contributed by atoms with van der Waals surface area (Å²) in [6.45, 7) is 1.55. The van der Waals surface area contributed by atoms with Gasteiger partial charge in [-0.3, -0.25) is 9.59 Å². The zero-order chi connectivity index (χ0) is 14.0. The number of carbonyl (C=O) groups excluding carboxylic acids is 2. The second-order valence-corrected chi connectivity index (χ2v) is 4.40. The van der Waals surface area contributed by atoms with Gasteiger partial charge in [-0.1, -0.05) is 6.92 Å². The Labute approximate surface area is 109 Å². The summed E-state index contributed by atoms with van der Waals surface area (Å²) >= 11 is 0. The second-order valence-electron chi connectivity index (χ2n) is 4.40. The minimum Gasteiger partial charge on any atom is -0.345 e. The van der Waals surface area contributed by atoms with Crippen LogP contribution < -0.4 is 5.32 Å². The predicted molar refractivity (Wildman–Crippen MR) is 64.0 cm³/mol. The van der Waals surface area contributed by atoms with Gasteiger partial charge in [0.25, 0.3) is 0 Å². The molecule has 1 unspecified atom stereocenters. The summed E-state index contributed by atoms with van der Waals surface area (Å²) in [7, 11) is 0. The van der Waals surface area contributed by atoms with Crippen LogP contribution in [0.15, 0.2) is 18.2 Å². The van der Waals surface area contributed by atoms with E-state index in [1.54, 1.807) is 6.92 Å². The van der Waals surface area contributed by atoms with E-state index in [0.29, 0.717) is 6.42 Å². The Morgan fingerprint density at radius 1 is 1.37 bits per heavy atom. The number of hydrogen-bond acceptors (Lipinski definition) is 2. The standard InChI is InChI=1S/C13H14F2N2O2/c1-2-11-13(19)16-6-12(18)17(11)7-8-5-9(14)3-4-10(8)15/h3-5,11H,2,6-7H2,1H3,(H,16,19). The molecule has 0 aromatic heterocycles. The quantitative estimate of drug-likeness (QED) is 0.895. The fraction of sp³-hybridized carbons (Fsp3) is 0.385. The molecule has 1 saturated heterocycles. The van der Waals surface area contributed by atoms with E-state index < -0.39 is 17.7 Å². The SMILES string of the molecule is CCC1C(=O)NCC(=O)N1Cc1cc(F)ccc1F. The normalized spacial score (nSPS) is 19.5. The van der Waals surface area contributed by atoms with E-state index in [2.05, 4.69) is 5.32 Å². The van der Waals surface area contributed by atoms with Gasteiger partial charge in [0.05, 0.1) is 6.54 Å². The van der Waals surface area contributed by atoms with Gasteiger partial charge in [-0.2, -0.15) is 0 Å². The van der Waals surface area contributed by atoms with Crippen molar-refractivity contribution in [1.29, 1.82) is 0 Å². The van der Waals surface area contributed by atoms with Gasteiger partial charge in [0.2, 0.25) is 11.8 Å². The molecule has 19 heavy (non-hydrogen) atoms. The number of halogens is 2. The highest BCUT2D eigenvalue weighted by Gasteiger charge is 2.33. The number of nitrogens with zero attached hydrogens (tertiary/aromatic N) is 1. The Kier molecular flexibility index (Phi) is 3.78. The predicted octanol–water partition coefficient (Wildman–Crippen LogP) is 1.20. The third kappa shape index (κ3) is 2.72. The van der Waals surface area contributed by atoms with Gasteiger partial charge in [0.15, 0.2) is 0 Å². The molecule has 1 aromatic rings. The molecule has 1 aliphatic rings. The Hall–Kier alpha value is -1.98. The number of piperazine rings is 1. The Balaban J connectivity index is 2.26. The molecule has 6 heteroatoms. The number of amides is 2. The van der Waals surface area contributed by atoms with Gasteiger partial charge in [0.1, 0.15) is 17.7 Å². The Morgan fingerprint density at radius 3 is 2.79 bits per heavy atom. The highest BCUT2D eigenvalue weighted by Crippen LogP contribution is 2.17. The lowest BCUT2D eigenvalue weighted by molar-refractivity contribution is -0.146. The molecule has 1 atom stereocenters. The van der Waals surface area contributed by atoms with Gasteiger partial charge in [-0.25, -0.2) is 8.78 Å². The van der Waals surface area contributed by atoms with Gasteiger partial charge in [-0.05, 0) is 24.6 Å². The van der Waals surface area contributed by atoms with Crippen molar-refractivity contribution in [3.8, 4) is 0 Å². The lowest BCUT2D eigenvalue weighted by atomic mass is 10.1. The van der Waals surface area contributed by atoms with Gasteiger partial charge in [0, 0.05) is 12.1 Å². The fourth-order valence-corrected chi connectivity index (χ4v) is 2.15. The maximum Gasteiger partial charge on any atom is 0.243 e. The van der Waals surface area contributed by atoms with Gasteiger partial charge >= 0.3 is 0 Å². The van der Waals surface area contributed by atoms with Crippen LogP contribution in [0.25, 0.3) is 0 Å². The lowest BCUT2D eigenvalue weighted by Gasteiger charge is -2.34. The molecule has 1 aliphatic heterocycles. The molecule has 1 N–H and O–H groups in total. The van der Waals surface area contributed by atoms with Crippen LogP contribution in [0.3, 0.4) is 0 Å². The summed E-state index contributed by atoms with van der Waals surface area (Å²) in [5, 5.41) is 2.48. The number of benzene rings is 1. The summed E-state index contributed by atoms with van der Waals surface area (Å²) in [5.41, 5.74) is 0.0708. The van der Waals surface area contributed by atoms with E-state index in [4.69, 9.17) is 0 Å². The molecule has 2 amide bonds. The Bertz CT molecular complexity index is 519. The van der Waals surface area contributed by atoms with Crippen molar-refractivity contribution < 1.29 is 18.4 Å². The van der Waals surface area contributed by atoms with E-state index in [-0.39, 0.29) is 30.5 Å². The minimum atomic E-state index is -0.635. The van der Waals surface area contributed by atoms with Crippen LogP contribution in [0.2, 0.25) is 0 Å². The van der Waals surface area contributed by atoms with Crippen LogP contribution in [0, 0.1) is 11.6 Å². The number of hydrogen-bond donors (Lipinski definition) is 1. The van der Waals surface area contributed by atoms with Crippen molar-refractivity contribution in [1.82, 2.24) is 10.2 Å². The van der Waals surface area contributed by atoms with Crippen LogP contribution in [-0.2, 0) is 16.1 Å². The average molecular weight is 268 g/mol. The molecule has 0 aliphatic carbocycles. The van der Waals surface area contributed by atoms with Crippen LogP contribution in [0.5, 0.6) is 0 Å². The van der Waals surface area contributed by atoms with E-state index in [9.17, 15) is 18.4 Å². The van der Waals surface area contributed by atoms with E-state index >= 15 is 0 Å². The third-order valence-corrected chi connectivity index (χ3v) is 3.15. The third-order valence-electron chi connectivity index (χ3n) is 3.15. The zero-order valence-corrected chi connectivity index (χ0v) is 10.5. The first-order valence-corrected chi connectivity index (χ1v) is 6.04. The topological polar surface area (TPSA) is 49.4 Å². The van der Waals surface area contributed by atoms with Gasteiger partial charge in [-0.15, -0.1) is 0 Å². The monoisotopic (exact) mass is 268 g/mol. The first kappa shape index (κ1) is 13.5. The number of carbonyl (C=O) groups is 2. The van der Waals surface area contributed by atoms with Crippen LogP contribution in [0.1, 0.15) is 18.9 Å². The maximum atomic E-state index is 13.6. The van der Waals surface area contributed by atoms with Crippen molar-refractivity contribution >= 4 is 11.8 Å². The lowest BCUT2D eigenvalue weighted by Crippen LogP contribution is -2.57.